The predicted molar refractivity (Wildman–Crippen MR) is 143 cm³/mol. The summed E-state index contributed by atoms with van der Waals surface area (Å²) in [7, 11) is 4.86. The topological polar surface area (TPSA) is 106 Å². The van der Waals surface area contributed by atoms with Crippen molar-refractivity contribution in [3.05, 3.63) is 53.6 Å². The van der Waals surface area contributed by atoms with Gasteiger partial charge < -0.3 is 25.6 Å². The molecular weight excluding hydrogens is 442 g/mol. The zero-order valence-corrected chi connectivity index (χ0v) is 21.4. The van der Waals surface area contributed by atoms with Crippen molar-refractivity contribution in [3.8, 4) is 11.5 Å². The Balaban J connectivity index is 1.56. The fourth-order valence-electron chi connectivity index (χ4n) is 4.03. The highest BCUT2D eigenvalue weighted by Crippen LogP contribution is 2.28. The van der Waals surface area contributed by atoms with E-state index in [2.05, 4.69) is 22.4 Å². The summed E-state index contributed by atoms with van der Waals surface area (Å²) in [5, 5.41) is 13.3. The molecule has 4 N–H and O–H groups in total. The molecule has 35 heavy (non-hydrogen) atoms. The number of aliphatic hydroxyl groups excluding tert-OH is 1. The lowest BCUT2D eigenvalue weighted by atomic mass is 10.00. The highest BCUT2D eigenvalue weighted by atomic mass is 16.5. The van der Waals surface area contributed by atoms with Crippen LogP contribution in [0.4, 0.5) is 5.69 Å². The Kier molecular flexibility index (Phi) is 12.7. The number of aliphatic imine (C=N–C) groups is 1. The van der Waals surface area contributed by atoms with Crippen LogP contribution in [0.5, 0.6) is 11.5 Å². The summed E-state index contributed by atoms with van der Waals surface area (Å²) < 4.78 is 10.6. The third-order valence-corrected chi connectivity index (χ3v) is 6.05. The van der Waals surface area contributed by atoms with Crippen LogP contribution in [-0.4, -0.2) is 44.2 Å². The van der Waals surface area contributed by atoms with Crippen LogP contribution in [0.3, 0.4) is 0 Å². The zero-order valence-electron chi connectivity index (χ0n) is 21.4. The molecule has 0 heterocycles. The van der Waals surface area contributed by atoms with E-state index >= 15 is 0 Å². The Morgan fingerprint density at radius 2 is 1.69 bits per heavy atom. The fourth-order valence-corrected chi connectivity index (χ4v) is 4.03. The SMILES string of the molecule is CN=C(N)Nc1cccc(CCCCCCCC(O)CC(=O)CCc2ccc(OC)c(OC)c2)c1. The number of Topliss-reactive ketones (excluding diaryl/α,β-unsaturated/α-hetero) is 1. The molecule has 0 bridgehead atoms. The number of hydrogen-bond acceptors (Lipinski definition) is 5. The van der Waals surface area contributed by atoms with Gasteiger partial charge in [-0.25, -0.2) is 0 Å². The van der Waals surface area contributed by atoms with Gasteiger partial charge in [-0.05, 0) is 61.1 Å². The Hall–Kier alpha value is -3.06. The molecule has 2 aromatic carbocycles. The van der Waals surface area contributed by atoms with Gasteiger partial charge in [0.1, 0.15) is 5.78 Å². The molecule has 0 saturated carbocycles. The lowest BCUT2D eigenvalue weighted by Crippen LogP contribution is -2.21. The minimum absolute atomic E-state index is 0.0935. The average molecular weight is 484 g/mol. The fraction of sp³-hybridized carbons (Fsp3) is 0.500. The molecule has 1 atom stereocenters. The van der Waals surface area contributed by atoms with Gasteiger partial charge in [-0.2, -0.15) is 0 Å². The number of carbonyl (C=O) groups excluding carboxylic acids is 1. The number of carbonyl (C=O) groups is 1. The number of aryl methyl sites for hydroxylation is 2. The molecule has 0 aliphatic carbocycles. The van der Waals surface area contributed by atoms with Crippen LogP contribution >= 0.6 is 0 Å². The summed E-state index contributed by atoms with van der Waals surface area (Å²) in [6, 6.07) is 13.9. The Bertz CT molecular complexity index is 946. The van der Waals surface area contributed by atoms with Crippen LogP contribution in [0.2, 0.25) is 0 Å². The van der Waals surface area contributed by atoms with E-state index in [1.807, 2.05) is 30.3 Å². The molecule has 0 fully saturated rings. The first kappa shape index (κ1) is 28.2. The second-order valence-electron chi connectivity index (χ2n) is 8.83. The van der Waals surface area contributed by atoms with Gasteiger partial charge in [-0.15, -0.1) is 0 Å². The number of ether oxygens (including phenoxy) is 2. The van der Waals surface area contributed by atoms with E-state index in [0.29, 0.717) is 36.7 Å². The molecule has 0 aliphatic heterocycles. The van der Waals surface area contributed by atoms with Crippen LogP contribution in [0.25, 0.3) is 0 Å². The van der Waals surface area contributed by atoms with Crippen molar-refractivity contribution in [2.24, 2.45) is 10.7 Å². The van der Waals surface area contributed by atoms with Crippen molar-refractivity contribution in [2.75, 3.05) is 26.6 Å². The van der Waals surface area contributed by atoms with E-state index in [1.165, 1.54) is 5.56 Å². The van der Waals surface area contributed by atoms with Crippen molar-refractivity contribution >= 4 is 17.4 Å². The number of aliphatic hydroxyl groups is 1. The number of guanidine groups is 1. The summed E-state index contributed by atoms with van der Waals surface area (Å²) >= 11 is 0. The summed E-state index contributed by atoms with van der Waals surface area (Å²) in [6.45, 7) is 0. The number of methoxy groups -OCH3 is 2. The summed E-state index contributed by atoms with van der Waals surface area (Å²) in [5.41, 5.74) is 8.98. The molecule has 0 amide bonds. The van der Waals surface area contributed by atoms with Gasteiger partial charge in [0.25, 0.3) is 0 Å². The second-order valence-corrected chi connectivity index (χ2v) is 8.83. The van der Waals surface area contributed by atoms with Crippen molar-refractivity contribution < 1.29 is 19.4 Å². The first-order chi connectivity index (χ1) is 16.9. The third-order valence-electron chi connectivity index (χ3n) is 6.05. The predicted octanol–water partition coefficient (Wildman–Crippen LogP) is 4.90. The molecule has 2 rings (SSSR count). The Morgan fingerprint density at radius 3 is 2.43 bits per heavy atom. The maximum atomic E-state index is 12.3. The largest absolute Gasteiger partial charge is 0.493 e. The monoisotopic (exact) mass is 483 g/mol. The van der Waals surface area contributed by atoms with E-state index in [0.717, 1.165) is 49.8 Å². The van der Waals surface area contributed by atoms with E-state index in [-0.39, 0.29) is 12.2 Å². The van der Waals surface area contributed by atoms with E-state index in [1.54, 1.807) is 21.3 Å². The van der Waals surface area contributed by atoms with Crippen molar-refractivity contribution in [1.29, 1.82) is 0 Å². The molecule has 0 aromatic heterocycles. The number of nitrogens with zero attached hydrogens (tertiary/aromatic N) is 1. The molecule has 0 aliphatic rings. The number of anilines is 1. The lowest BCUT2D eigenvalue weighted by molar-refractivity contribution is -0.121. The van der Waals surface area contributed by atoms with Crippen LogP contribution in [0.15, 0.2) is 47.5 Å². The van der Waals surface area contributed by atoms with Crippen molar-refractivity contribution in [1.82, 2.24) is 0 Å². The number of hydrogen-bond donors (Lipinski definition) is 3. The Morgan fingerprint density at radius 1 is 0.971 bits per heavy atom. The third kappa shape index (κ3) is 10.8. The Labute approximate surface area is 209 Å². The second kappa shape index (κ2) is 15.8. The van der Waals surface area contributed by atoms with Gasteiger partial charge in [0.05, 0.1) is 20.3 Å². The summed E-state index contributed by atoms with van der Waals surface area (Å²) in [4.78, 5) is 16.2. The molecule has 192 valence electrons. The number of ketones is 1. The molecule has 0 spiro atoms. The summed E-state index contributed by atoms with van der Waals surface area (Å²) in [5.74, 6) is 1.84. The van der Waals surface area contributed by atoms with Gasteiger partial charge >= 0.3 is 0 Å². The average Bonchev–Trinajstić information content (AvgIpc) is 2.86. The molecule has 0 radical (unpaired) electrons. The van der Waals surface area contributed by atoms with Gasteiger partial charge in [0, 0.05) is 25.6 Å². The van der Waals surface area contributed by atoms with Gasteiger partial charge in [-0.1, -0.05) is 43.9 Å². The van der Waals surface area contributed by atoms with Crippen LogP contribution in [0.1, 0.15) is 62.5 Å². The molecule has 2 aromatic rings. The summed E-state index contributed by atoms with van der Waals surface area (Å²) in [6.07, 6.45) is 7.84. The molecule has 7 nitrogen and oxygen atoms in total. The number of nitrogens with two attached hydrogens (primary N) is 1. The van der Waals surface area contributed by atoms with Crippen molar-refractivity contribution in [2.45, 2.75) is 70.3 Å². The number of benzene rings is 2. The number of unbranched alkanes of at least 4 members (excludes halogenated alkanes) is 4. The first-order valence-electron chi connectivity index (χ1n) is 12.4. The maximum Gasteiger partial charge on any atom is 0.192 e. The van der Waals surface area contributed by atoms with Crippen LogP contribution < -0.4 is 20.5 Å². The minimum atomic E-state index is -0.553. The van der Waals surface area contributed by atoms with Gasteiger partial charge in [0.15, 0.2) is 17.5 Å². The normalized spacial score (nSPS) is 12.3. The minimum Gasteiger partial charge on any atom is -0.493 e. The van der Waals surface area contributed by atoms with E-state index in [9.17, 15) is 9.90 Å². The van der Waals surface area contributed by atoms with Gasteiger partial charge in [-0.3, -0.25) is 9.79 Å². The molecule has 0 saturated heterocycles. The standard InChI is InChI=1S/C28H41N3O4/c1-30-28(29)31-23-12-9-11-21(18-23)10-7-5-4-6-8-13-24(32)20-25(33)16-14-22-15-17-26(34-2)27(19-22)35-3/h9,11-12,15,17-19,24,32H,4-8,10,13-14,16,20H2,1-3H3,(H3,29,30,31). The first-order valence-corrected chi connectivity index (χ1v) is 12.4. The van der Waals surface area contributed by atoms with Crippen LogP contribution in [-0.2, 0) is 17.6 Å². The van der Waals surface area contributed by atoms with Crippen LogP contribution in [0, 0.1) is 0 Å². The van der Waals surface area contributed by atoms with E-state index < -0.39 is 6.10 Å². The lowest BCUT2D eigenvalue weighted by Gasteiger charge is -2.11. The zero-order chi connectivity index (χ0) is 25.5. The maximum absolute atomic E-state index is 12.3. The van der Waals surface area contributed by atoms with Crippen molar-refractivity contribution in [3.63, 3.8) is 0 Å². The smallest absolute Gasteiger partial charge is 0.192 e. The molecular formula is C28H41N3O4. The van der Waals surface area contributed by atoms with Gasteiger partial charge in [0.2, 0.25) is 0 Å². The number of nitrogens with one attached hydrogen (secondary N) is 1. The highest BCUT2D eigenvalue weighted by molar-refractivity contribution is 5.92. The highest BCUT2D eigenvalue weighted by Gasteiger charge is 2.12. The molecule has 1 unspecified atom stereocenters. The quantitative estimate of drug-likeness (QED) is 0.178. The molecule has 7 heteroatoms. The number of rotatable bonds is 16. The van der Waals surface area contributed by atoms with E-state index in [4.69, 9.17) is 15.2 Å².